The van der Waals surface area contributed by atoms with E-state index in [-0.39, 0.29) is 17.3 Å². The van der Waals surface area contributed by atoms with Crippen molar-refractivity contribution in [2.24, 2.45) is 0 Å². The zero-order valence-corrected chi connectivity index (χ0v) is 9.33. The fourth-order valence-electron chi connectivity index (χ4n) is 1.15. The Balaban J connectivity index is 2.62. The topological polar surface area (TPSA) is 94.9 Å². The summed E-state index contributed by atoms with van der Waals surface area (Å²) in [6.07, 6.45) is 1.09. The Hall–Kier alpha value is -1.73. The van der Waals surface area contributed by atoms with Crippen molar-refractivity contribution in [1.29, 1.82) is 0 Å². The number of anilines is 1. The van der Waals surface area contributed by atoms with Crippen LogP contribution in [-0.2, 0) is 0 Å². The van der Waals surface area contributed by atoms with Gasteiger partial charge in [0.25, 0.3) is 0 Å². The van der Waals surface area contributed by atoms with Crippen LogP contribution >= 0.6 is 22.9 Å². The summed E-state index contributed by atoms with van der Waals surface area (Å²) in [4.78, 5) is 18.2. The first-order valence-corrected chi connectivity index (χ1v) is 5.30. The van der Waals surface area contributed by atoms with Crippen LogP contribution in [0.2, 0.25) is 4.34 Å². The van der Waals surface area contributed by atoms with Gasteiger partial charge in [-0.25, -0.2) is 9.97 Å². The van der Waals surface area contributed by atoms with Crippen molar-refractivity contribution in [2.45, 2.75) is 0 Å². The zero-order chi connectivity index (χ0) is 11.7. The number of hydrogen-bond acceptors (Lipinski definition) is 6. The molecule has 0 fully saturated rings. The van der Waals surface area contributed by atoms with E-state index >= 15 is 0 Å². The summed E-state index contributed by atoms with van der Waals surface area (Å²) in [5.41, 5.74) is 5.40. The number of rotatable bonds is 2. The second-order valence-corrected chi connectivity index (χ2v) is 4.54. The molecule has 2 rings (SSSR count). The number of halogens is 1. The van der Waals surface area contributed by atoms with Crippen molar-refractivity contribution in [3.05, 3.63) is 32.8 Å². The lowest BCUT2D eigenvalue weighted by Crippen LogP contribution is -2.00. The van der Waals surface area contributed by atoms with Crippen molar-refractivity contribution in [2.75, 3.05) is 5.73 Å². The average molecular weight is 257 g/mol. The lowest BCUT2D eigenvalue weighted by molar-refractivity contribution is -0.384. The maximum atomic E-state index is 10.8. The van der Waals surface area contributed by atoms with Crippen LogP contribution in [-0.4, -0.2) is 14.9 Å². The van der Waals surface area contributed by atoms with Gasteiger partial charge >= 0.3 is 5.69 Å². The molecule has 0 radical (unpaired) electrons. The molecule has 2 heterocycles. The van der Waals surface area contributed by atoms with Gasteiger partial charge in [-0.05, 0) is 12.1 Å². The van der Waals surface area contributed by atoms with Crippen LogP contribution < -0.4 is 5.73 Å². The molecule has 0 aromatic carbocycles. The summed E-state index contributed by atoms with van der Waals surface area (Å²) < 4.78 is 0.529. The second-order valence-electron chi connectivity index (χ2n) is 2.82. The number of nitrogens with zero attached hydrogens (tertiary/aromatic N) is 3. The molecule has 0 saturated carbocycles. The Kier molecular flexibility index (Phi) is 2.71. The fourth-order valence-corrected chi connectivity index (χ4v) is 2.19. The van der Waals surface area contributed by atoms with Crippen LogP contribution in [0.15, 0.2) is 18.3 Å². The van der Waals surface area contributed by atoms with Gasteiger partial charge in [0.05, 0.1) is 14.1 Å². The van der Waals surface area contributed by atoms with E-state index in [1.54, 1.807) is 12.1 Å². The van der Waals surface area contributed by atoms with E-state index in [1.807, 2.05) is 0 Å². The highest BCUT2D eigenvalue weighted by atomic mass is 35.5. The quantitative estimate of drug-likeness (QED) is 0.657. The number of aromatic nitrogens is 2. The minimum atomic E-state index is -0.553. The van der Waals surface area contributed by atoms with Gasteiger partial charge < -0.3 is 5.73 Å². The first kappa shape index (κ1) is 10.8. The Labute approximate surface area is 98.9 Å². The number of hydrogen-bond donors (Lipinski definition) is 1. The van der Waals surface area contributed by atoms with E-state index < -0.39 is 4.92 Å². The molecule has 0 amide bonds. The predicted molar refractivity (Wildman–Crippen MR) is 61.4 cm³/mol. The van der Waals surface area contributed by atoms with Crippen LogP contribution in [0.1, 0.15) is 0 Å². The Morgan fingerprint density at radius 3 is 2.81 bits per heavy atom. The highest BCUT2D eigenvalue weighted by Crippen LogP contribution is 2.34. The summed E-state index contributed by atoms with van der Waals surface area (Å²) in [5.74, 6) is -0.00915. The number of nitrogen functional groups attached to an aromatic ring is 1. The van der Waals surface area contributed by atoms with Gasteiger partial charge in [0.1, 0.15) is 6.20 Å². The summed E-state index contributed by atoms with van der Waals surface area (Å²) in [6.45, 7) is 0. The van der Waals surface area contributed by atoms with E-state index in [2.05, 4.69) is 9.97 Å². The molecule has 0 unspecified atom stereocenters. The monoisotopic (exact) mass is 256 g/mol. The molecule has 82 valence electrons. The van der Waals surface area contributed by atoms with Crippen LogP contribution in [0, 0.1) is 10.1 Å². The average Bonchev–Trinajstić information content (AvgIpc) is 2.64. The standard InChI is InChI=1S/C8H5ClN4O2S/c9-6-2-1-5(16-6)7-4(13(14)15)3-11-8(10)12-7/h1-3H,(H2,10,11,12). The van der Waals surface area contributed by atoms with Crippen molar-refractivity contribution in [3.8, 4) is 10.6 Å². The van der Waals surface area contributed by atoms with Crippen molar-refractivity contribution in [3.63, 3.8) is 0 Å². The summed E-state index contributed by atoms with van der Waals surface area (Å²) >= 11 is 6.95. The first-order chi connectivity index (χ1) is 7.58. The molecule has 0 aliphatic heterocycles. The molecule has 0 bridgehead atoms. The maximum Gasteiger partial charge on any atom is 0.314 e. The molecule has 2 N–H and O–H groups in total. The molecule has 2 aromatic heterocycles. The second kappa shape index (κ2) is 4.03. The molecule has 6 nitrogen and oxygen atoms in total. The van der Waals surface area contributed by atoms with Crippen molar-refractivity contribution < 1.29 is 4.92 Å². The molecule has 0 aliphatic rings. The summed E-state index contributed by atoms with van der Waals surface area (Å²) in [5, 5.41) is 10.8. The molecule has 0 spiro atoms. The van der Waals surface area contributed by atoms with Crippen LogP contribution in [0.5, 0.6) is 0 Å². The Morgan fingerprint density at radius 1 is 1.50 bits per heavy atom. The van der Waals surface area contributed by atoms with Gasteiger partial charge in [0, 0.05) is 0 Å². The number of thiophene rings is 1. The predicted octanol–water partition coefficient (Wildman–Crippen LogP) is 2.35. The van der Waals surface area contributed by atoms with E-state index in [4.69, 9.17) is 17.3 Å². The lowest BCUT2D eigenvalue weighted by atomic mass is 10.3. The first-order valence-electron chi connectivity index (χ1n) is 4.10. The van der Waals surface area contributed by atoms with Gasteiger partial charge in [-0.15, -0.1) is 11.3 Å². The van der Waals surface area contributed by atoms with E-state index in [1.165, 1.54) is 11.3 Å². The summed E-state index contributed by atoms with van der Waals surface area (Å²) in [6, 6.07) is 3.30. The molecule has 0 atom stereocenters. The highest BCUT2D eigenvalue weighted by molar-refractivity contribution is 7.19. The molecule has 16 heavy (non-hydrogen) atoms. The number of nitrogens with two attached hydrogens (primary N) is 1. The van der Waals surface area contributed by atoms with Crippen LogP contribution in [0.4, 0.5) is 11.6 Å². The van der Waals surface area contributed by atoms with Gasteiger partial charge in [-0.3, -0.25) is 10.1 Å². The minimum absolute atomic E-state index is 0.00915. The van der Waals surface area contributed by atoms with Gasteiger partial charge in [0.2, 0.25) is 5.95 Å². The van der Waals surface area contributed by atoms with E-state index in [0.29, 0.717) is 9.21 Å². The smallest absolute Gasteiger partial charge is 0.314 e. The van der Waals surface area contributed by atoms with E-state index in [0.717, 1.165) is 6.20 Å². The molecule has 2 aromatic rings. The maximum absolute atomic E-state index is 10.8. The van der Waals surface area contributed by atoms with Gasteiger partial charge in [-0.2, -0.15) is 0 Å². The number of nitro groups is 1. The van der Waals surface area contributed by atoms with Gasteiger partial charge in [0.15, 0.2) is 5.69 Å². The van der Waals surface area contributed by atoms with Crippen molar-refractivity contribution >= 4 is 34.6 Å². The fraction of sp³-hybridized carbons (Fsp3) is 0. The van der Waals surface area contributed by atoms with Crippen molar-refractivity contribution in [1.82, 2.24) is 9.97 Å². The molecular weight excluding hydrogens is 252 g/mol. The molecular formula is C8H5ClN4O2S. The largest absolute Gasteiger partial charge is 0.368 e. The molecule has 8 heteroatoms. The van der Waals surface area contributed by atoms with Crippen LogP contribution in [0.25, 0.3) is 10.6 Å². The SMILES string of the molecule is Nc1ncc([N+](=O)[O-])c(-c2ccc(Cl)s2)n1. The third-order valence-corrected chi connectivity index (χ3v) is 3.03. The van der Waals surface area contributed by atoms with E-state index in [9.17, 15) is 10.1 Å². The summed E-state index contributed by atoms with van der Waals surface area (Å²) in [7, 11) is 0. The third-order valence-electron chi connectivity index (χ3n) is 1.79. The lowest BCUT2D eigenvalue weighted by Gasteiger charge is -1.99. The molecule has 0 saturated heterocycles. The minimum Gasteiger partial charge on any atom is -0.368 e. The van der Waals surface area contributed by atoms with Gasteiger partial charge in [-0.1, -0.05) is 11.6 Å². The van der Waals surface area contributed by atoms with Crippen LogP contribution in [0.3, 0.4) is 0 Å². The molecule has 0 aliphatic carbocycles. The Bertz CT molecular complexity index is 557. The highest BCUT2D eigenvalue weighted by Gasteiger charge is 2.19. The normalized spacial score (nSPS) is 10.3. The Morgan fingerprint density at radius 2 is 2.25 bits per heavy atom. The third kappa shape index (κ3) is 1.95. The zero-order valence-electron chi connectivity index (χ0n) is 7.75.